The van der Waals surface area contributed by atoms with Crippen LogP contribution in [0.15, 0.2) is 53.4 Å². The van der Waals surface area contributed by atoms with Gasteiger partial charge in [-0.2, -0.15) is 4.72 Å². The van der Waals surface area contributed by atoms with Crippen LogP contribution in [0.2, 0.25) is 5.02 Å². The molecule has 0 fully saturated rings. The first kappa shape index (κ1) is 23.0. The summed E-state index contributed by atoms with van der Waals surface area (Å²) in [6.45, 7) is 1.61. The second kappa shape index (κ2) is 9.47. The zero-order valence-corrected chi connectivity index (χ0v) is 16.6. The maximum Gasteiger partial charge on any atom is 0.573 e. The Balaban J connectivity index is 2.22. The molecule has 0 bridgehead atoms. The van der Waals surface area contributed by atoms with Gasteiger partial charge in [0.05, 0.1) is 11.5 Å². The molecule has 0 saturated carbocycles. The van der Waals surface area contributed by atoms with Gasteiger partial charge >= 0.3 is 12.3 Å². The van der Waals surface area contributed by atoms with Crippen molar-refractivity contribution in [3.8, 4) is 5.75 Å². The minimum Gasteiger partial charge on any atom is -0.465 e. The van der Waals surface area contributed by atoms with Crippen LogP contribution < -0.4 is 9.46 Å². The van der Waals surface area contributed by atoms with Crippen LogP contribution in [0.4, 0.5) is 13.2 Å². The Hall–Kier alpha value is -2.30. The monoisotopic (exact) mass is 451 g/mol. The van der Waals surface area contributed by atoms with Gasteiger partial charge in [-0.15, -0.1) is 13.2 Å². The molecule has 11 heteroatoms. The molecule has 0 amide bonds. The molecule has 0 aliphatic heterocycles. The number of carbonyl (C=O) groups excluding carboxylic acids is 1. The molecule has 0 heterocycles. The van der Waals surface area contributed by atoms with Crippen molar-refractivity contribution >= 4 is 27.6 Å². The maximum absolute atomic E-state index is 12.6. The first-order valence-electron chi connectivity index (χ1n) is 8.29. The normalized spacial score (nSPS) is 13.0. The number of ether oxygens (including phenoxy) is 2. The Bertz CT molecular complexity index is 949. The third-order valence-electron chi connectivity index (χ3n) is 3.56. The van der Waals surface area contributed by atoms with Crippen LogP contribution in [0.3, 0.4) is 0 Å². The standard InChI is InChI=1S/C18H17ClF3NO5S/c1-2-27-17(24)16(11-12-4-3-5-13(19)10-12)23-29(25,26)15-8-6-14(7-9-15)28-18(20,21)22/h3-10,16,23H,2,11H2,1H3/t16-/m0/s1. The van der Waals surface area contributed by atoms with E-state index < -0.39 is 34.1 Å². The van der Waals surface area contributed by atoms with E-state index in [4.69, 9.17) is 16.3 Å². The van der Waals surface area contributed by atoms with Crippen LogP contribution in [0.5, 0.6) is 5.75 Å². The van der Waals surface area contributed by atoms with Crippen LogP contribution in [0.25, 0.3) is 0 Å². The number of rotatable bonds is 8. The SMILES string of the molecule is CCOC(=O)[C@H](Cc1cccc(Cl)c1)NS(=O)(=O)c1ccc(OC(F)(F)F)cc1. The second-order valence-corrected chi connectivity index (χ2v) is 7.93. The maximum atomic E-state index is 12.6. The average Bonchev–Trinajstić information content (AvgIpc) is 2.60. The highest BCUT2D eigenvalue weighted by Crippen LogP contribution is 2.24. The number of hydrogen-bond donors (Lipinski definition) is 1. The first-order valence-corrected chi connectivity index (χ1v) is 10.2. The number of carbonyl (C=O) groups is 1. The van der Waals surface area contributed by atoms with Crippen molar-refractivity contribution in [2.45, 2.75) is 30.6 Å². The molecule has 0 aliphatic rings. The number of hydrogen-bond acceptors (Lipinski definition) is 5. The van der Waals surface area contributed by atoms with Gasteiger partial charge in [0.1, 0.15) is 11.8 Å². The van der Waals surface area contributed by atoms with Crippen molar-refractivity contribution in [1.82, 2.24) is 4.72 Å². The molecule has 1 N–H and O–H groups in total. The molecule has 2 aromatic carbocycles. The Labute approximate surface area is 170 Å². The molecule has 2 aromatic rings. The van der Waals surface area contributed by atoms with Crippen LogP contribution in [-0.4, -0.2) is 33.4 Å². The van der Waals surface area contributed by atoms with E-state index in [0.29, 0.717) is 10.6 Å². The van der Waals surface area contributed by atoms with Gasteiger partial charge in [-0.25, -0.2) is 8.42 Å². The van der Waals surface area contributed by atoms with E-state index in [-0.39, 0.29) is 17.9 Å². The van der Waals surface area contributed by atoms with Gasteiger partial charge in [0, 0.05) is 5.02 Å². The van der Waals surface area contributed by atoms with Gasteiger partial charge in [-0.3, -0.25) is 4.79 Å². The molecule has 0 radical (unpaired) electrons. The lowest BCUT2D eigenvalue weighted by Gasteiger charge is -2.18. The summed E-state index contributed by atoms with van der Waals surface area (Å²) in [5, 5.41) is 0.410. The van der Waals surface area contributed by atoms with Gasteiger partial charge in [0.2, 0.25) is 10.0 Å². The predicted octanol–water partition coefficient (Wildman–Crippen LogP) is 3.69. The van der Waals surface area contributed by atoms with Crippen LogP contribution in [0.1, 0.15) is 12.5 Å². The molecule has 0 aliphatic carbocycles. The smallest absolute Gasteiger partial charge is 0.465 e. The summed E-state index contributed by atoms with van der Waals surface area (Å²) in [6.07, 6.45) is -4.93. The molecule has 1 atom stereocenters. The van der Waals surface area contributed by atoms with Crippen LogP contribution in [-0.2, 0) is 26.0 Å². The minimum atomic E-state index is -4.90. The van der Waals surface area contributed by atoms with Gasteiger partial charge in [0.25, 0.3) is 0 Å². The number of nitrogens with one attached hydrogen (secondary N) is 1. The third kappa shape index (κ3) is 7.22. The number of alkyl halides is 3. The molecule has 158 valence electrons. The van der Waals surface area contributed by atoms with E-state index >= 15 is 0 Å². The van der Waals surface area contributed by atoms with Crippen molar-refractivity contribution in [2.24, 2.45) is 0 Å². The van der Waals surface area contributed by atoms with E-state index in [1.807, 2.05) is 0 Å². The third-order valence-corrected chi connectivity index (χ3v) is 5.29. The molecule has 0 unspecified atom stereocenters. The molecule has 6 nitrogen and oxygen atoms in total. The Morgan fingerprint density at radius 2 is 1.83 bits per heavy atom. The van der Waals surface area contributed by atoms with Gasteiger partial charge in [-0.1, -0.05) is 23.7 Å². The minimum absolute atomic E-state index is 0.0338. The fraction of sp³-hybridized carbons (Fsp3) is 0.278. The topological polar surface area (TPSA) is 81.7 Å². The van der Waals surface area contributed by atoms with Crippen molar-refractivity contribution in [3.63, 3.8) is 0 Å². The van der Waals surface area contributed by atoms with Crippen molar-refractivity contribution < 1.29 is 35.9 Å². The summed E-state index contributed by atoms with van der Waals surface area (Å²) < 4.78 is 72.7. The molecular formula is C18H17ClF3NO5S. The highest BCUT2D eigenvalue weighted by Gasteiger charge is 2.31. The average molecular weight is 452 g/mol. The first-order chi connectivity index (χ1) is 13.5. The van der Waals surface area contributed by atoms with E-state index in [9.17, 15) is 26.4 Å². The highest BCUT2D eigenvalue weighted by atomic mass is 35.5. The summed E-state index contributed by atoms with van der Waals surface area (Å²) in [7, 11) is -4.23. The quantitative estimate of drug-likeness (QED) is 0.619. The zero-order valence-electron chi connectivity index (χ0n) is 15.1. The van der Waals surface area contributed by atoms with E-state index in [0.717, 1.165) is 24.3 Å². The number of halogens is 4. The summed E-state index contributed by atoms with van der Waals surface area (Å²) in [5.41, 5.74) is 0.590. The predicted molar refractivity (Wildman–Crippen MR) is 99.0 cm³/mol. The largest absolute Gasteiger partial charge is 0.573 e. The van der Waals surface area contributed by atoms with Gasteiger partial charge in [-0.05, 0) is 55.3 Å². The lowest BCUT2D eigenvalue weighted by atomic mass is 10.1. The van der Waals surface area contributed by atoms with Gasteiger partial charge in [0.15, 0.2) is 0 Å². The van der Waals surface area contributed by atoms with Crippen molar-refractivity contribution in [3.05, 3.63) is 59.1 Å². The summed E-state index contributed by atoms with van der Waals surface area (Å²) in [6, 6.07) is 8.84. The van der Waals surface area contributed by atoms with Crippen molar-refractivity contribution in [2.75, 3.05) is 6.61 Å². The number of benzene rings is 2. The van der Waals surface area contributed by atoms with Crippen LogP contribution >= 0.6 is 11.6 Å². The lowest BCUT2D eigenvalue weighted by molar-refractivity contribution is -0.274. The zero-order chi connectivity index (χ0) is 21.7. The summed E-state index contributed by atoms with van der Waals surface area (Å²) >= 11 is 5.91. The van der Waals surface area contributed by atoms with Crippen molar-refractivity contribution in [1.29, 1.82) is 0 Å². The molecule has 0 aromatic heterocycles. The molecular weight excluding hydrogens is 435 g/mol. The lowest BCUT2D eigenvalue weighted by Crippen LogP contribution is -2.43. The molecule has 2 rings (SSSR count). The Morgan fingerprint density at radius 1 is 1.17 bits per heavy atom. The van der Waals surface area contributed by atoms with Crippen LogP contribution in [0, 0.1) is 0 Å². The Kier molecular flexibility index (Phi) is 7.50. The Morgan fingerprint density at radius 3 is 2.38 bits per heavy atom. The number of esters is 1. The summed E-state index contributed by atoms with van der Waals surface area (Å²) in [5.74, 6) is -1.37. The molecule has 0 saturated heterocycles. The highest BCUT2D eigenvalue weighted by molar-refractivity contribution is 7.89. The molecule has 29 heavy (non-hydrogen) atoms. The summed E-state index contributed by atoms with van der Waals surface area (Å²) in [4.78, 5) is 11.9. The van der Waals surface area contributed by atoms with Gasteiger partial charge < -0.3 is 9.47 Å². The molecule has 0 spiro atoms. The van der Waals surface area contributed by atoms with E-state index in [2.05, 4.69) is 9.46 Å². The fourth-order valence-corrected chi connectivity index (χ4v) is 3.79. The van der Waals surface area contributed by atoms with E-state index in [1.165, 1.54) is 0 Å². The second-order valence-electron chi connectivity index (χ2n) is 5.78. The van der Waals surface area contributed by atoms with E-state index in [1.54, 1.807) is 31.2 Å². The fourth-order valence-electron chi connectivity index (χ4n) is 2.39. The number of sulfonamides is 1.